The largest absolute Gasteiger partial charge is 0.330 e. The molecule has 0 saturated heterocycles. The first kappa shape index (κ1) is 11.1. The van der Waals surface area contributed by atoms with E-state index in [1.807, 2.05) is 30.0 Å². The van der Waals surface area contributed by atoms with Gasteiger partial charge in [-0.15, -0.1) is 0 Å². The van der Waals surface area contributed by atoms with Gasteiger partial charge in [0.1, 0.15) is 0 Å². The van der Waals surface area contributed by atoms with Crippen molar-refractivity contribution in [2.24, 2.45) is 5.73 Å². The van der Waals surface area contributed by atoms with E-state index in [9.17, 15) is 4.79 Å². The number of anilines is 1. The van der Waals surface area contributed by atoms with E-state index in [1.54, 1.807) is 0 Å². The number of amides is 1. The van der Waals surface area contributed by atoms with Crippen molar-refractivity contribution < 1.29 is 4.79 Å². The number of nitrogens with two attached hydrogens (primary N) is 1. The Bertz CT molecular complexity index is 389. The molecule has 2 N–H and O–H groups in total. The number of rotatable bonds is 2. The van der Waals surface area contributed by atoms with Crippen LogP contribution < -0.4 is 10.6 Å². The summed E-state index contributed by atoms with van der Waals surface area (Å²) in [6.45, 7) is 3.36. The fourth-order valence-corrected chi connectivity index (χ4v) is 2.33. The van der Waals surface area contributed by atoms with Gasteiger partial charge in [-0.25, -0.2) is 0 Å². The average Bonchev–Trinajstić information content (AvgIpc) is 2.36. The second-order valence-corrected chi connectivity index (χ2v) is 4.18. The zero-order valence-corrected chi connectivity index (χ0v) is 9.65. The number of carbonyl (C=O) groups excluding carboxylic acids is 1. The Morgan fingerprint density at radius 2 is 2.25 bits per heavy atom. The maximum absolute atomic E-state index is 11.8. The molecule has 2 rings (SSSR count). The lowest BCUT2D eigenvalue weighted by atomic mass is 9.90. The summed E-state index contributed by atoms with van der Waals surface area (Å²) < 4.78 is 0. The van der Waals surface area contributed by atoms with Crippen LogP contribution in [0.1, 0.15) is 31.2 Å². The zero-order valence-electron chi connectivity index (χ0n) is 9.65. The van der Waals surface area contributed by atoms with Gasteiger partial charge in [-0.3, -0.25) is 4.79 Å². The van der Waals surface area contributed by atoms with Crippen molar-refractivity contribution >= 4 is 11.6 Å². The molecule has 3 nitrogen and oxygen atoms in total. The molecular formula is C13H18N2O. The minimum absolute atomic E-state index is 0.197. The van der Waals surface area contributed by atoms with Crippen LogP contribution in [-0.4, -0.2) is 19.0 Å². The highest BCUT2D eigenvalue weighted by Crippen LogP contribution is 2.34. The predicted octanol–water partition coefficient (Wildman–Crippen LogP) is 1.88. The molecule has 0 aliphatic carbocycles. The van der Waals surface area contributed by atoms with Crippen LogP contribution in [0.15, 0.2) is 24.3 Å². The first-order valence-corrected chi connectivity index (χ1v) is 5.87. The van der Waals surface area contributed by atoms with Crippen LogP contribution in [0.2, 0.25) is 0 Å². The van der Waals surface area contributed by atoms with E-state index in [0.717, 1.165) is 18.7 Å². The molecule has 0 bridgehead atoms. The highest BCUT2D eigenvalue weighted by Gasteiger charge is 2.26. The Labute approximate surface area is 96.2 Å². The third kappa shape index (κ3) is 1.83. The molecule has 1 aromatic carbocycles. The van der Waals surface area contributed by atoms with Crippen LogP contribution in [0.5, 0.6) is 0 Å². The molecule has 1 aromatic rings. The summed E-state index contributed by atoms with van der Waals surface area (Å²) in [4.78, 5) is 13.7. The molecule has 0 spiro atoms. The summed E-state index contributed by atoms with van der Waals surface area (Å²) in [5.41, 5.74) is 8.04. The number of para-hydroxylation sites is 1. The highest BCUT2D eigenvalue weighted by molar-refractivity contribution is 5.94. The minimum Gasteiger partial charge on any atom is -0.330 e. The zero-order chi connectivity index (χ0) is 11.5. The van der Waals surface area contributed by atoms with E-state index in [4.69, 9.17) is 5.73 Å². The fraction of sp³-hybridized carbons (Fsp3) is 0.462. The highest BCUT2D eigenvalue weighted by atomic mass is 16.2. The normalized spacial score (nSPS) is 19.4. The van der Waals surface area contributed by atoms with Gasteiger partial charge in [0.05, 0.1) is 0 Å². The third-order valence-electron chi connectivity index (χ3n) is 3.26. The fourth-order valence-electron chi connectivity index (χ4n) is 2.33. The maximum Gasteiger partial charge on any atom is 0.226 e. The number of carbonyl (C=O) groups is 1. The second kappa shape index (κ2) is 4.66. The van der Waals surface area contributed by atoms with Crippen molar-refractivity contribution in [2.45, 2.75) is 25.7 Å². The Morgan fingerprint density at radius 3 is 2.94 bits per heavy atom. The van der Waals surface area contributed by atoms with Crippen LogP contribution in [0.25, 0.3) is 0 Å². The van der Waals surface area contributed by atoms with Crippen LogP contribution in [0.4, 0.5) is 5.69 Å². The van der Waals surface area contributed by atoms with Gasteiger partial charge in [-0.1, -0.05) is 25.1 Å². The van der Waals surface area contributed by atoms with Gasteiger partial charge in [-0.2, -0.15) is 0 Å². The molecule has 0 fully saturated rings. The predicted molar refractivity (Wildman–Crippen MR) is 65.5 cm³/mol. The Hall–Kier alpha value is -1.35. The summed E-state index contributed by atoms with van der Waals surface area (Å²) in [7, 11) is 0. The topological polar surface area (TPSA) is 46.3 Å². The first-order valence-electron chi connectivity index (χ1n) is 5.87. The Morgan fingerprint density at radius 1 is 1.50 bits per heavy atom. The molecule has 1 aliphatic rings. The smallest absolute Gasteiger partial charge is 0.226 e. The van der Waals surface area contributed by atoms with Crippen molar-refractivity contribution in [2.75, 3.05) is 18.0 Å². The molecule has 3 heteroatoms. The molecule has 86 valence electrons. The molecule has 16 heavy (non-hydrogen) atoms. The minimum atomic E-state index is 0.197. The number of fused-ring (bicyclic) bond motifs is 1. The van der Waals surface area contributed by atoms with E-state index < -0.39 is 0 Å². The molecule has 0 radical (unpaired) electrons. The van der Waals surface area contributed by atoms with Crippen LogP contribution in [-0.2, 0) is 4.79 Å². The monoisotopic (exact) mass is 218 g/mol. The van der Waals surface area contributed by atoms with Crippen molar-refractivity contribution in [3.05, 3.63) is 29.8 Å². The van der Waals surface area contributed by atoms with Gasteiger partial charge in [0.15, 0.2) is 0 Å². The molecule has 1 heterocycles. The average molecular weight is 218 g/mol. The molecule has 0 saturated carbocycles. The number of benzene rings is 1. The molecule has 1 amide bonds. The lowest BCUT2D eigenvalue weighted by Crippen LogP contribution is -2.37. The molecule has 1 aliphatic heterocycles. The molecule has 1 unspecified atom stereocenters. The standard InChI is InChI=1S/C13H18N2O/c1-2-13(16)15-8-7-10(9-14)11-5-3-4-6-12(11)15/h3-6,10H,2,7-9,14H2,1H3. The number of hydrogen-bond donors (Lipinski definition) is 1. The van der Waals surface area contributed by atoms with Gasteiger partial charge < -0.3 is 10.6 Å². The van der Waals surface area contributed by atoms with Crippen LogP contribution in [0.3, 0.4) is 0 Å². The molecule has 1 atom stereocenters. The van der Waals surface area contributed by atoms with Crippen molar-refractivity contribution in [3.8, 4) is 0 Å². The quantitative estimate of drug-likeness (QED) is 0.823. The van der Waals surface area contributed by atoms with Gasteiger partial charge in [-0.05, 0) is 30.5 Å². The molecular weight excluding hydrogens is 200 g/mol. The lowest BCUT2D eigenvalue weighted by molar-refractivity contribution is -0.118. The second-order valence-electron chi connectivity index (χ2n) is 4.18. The maximum atomic E-state index is 11.8. The third-order valence-corrected chi connectivity index (χ3v) is 3.26. The summed E-state index contributed by atoms with van der Waals surface area (Å²) in [5.74, 6) is 0.597. The molecule has 0 aromatic heterocycles. The van der Waals surface area contributed by atoms with Gasteiger partial charge >= 0.3 is 0 Å². The van der Waals surface area contributed by atoms with E-state index in [1.165, 1.54) is 5.56 Å². The number of hydrogen-bond acceptors (Lipinski definition) is 2. The van der Waals surface area contributed by atoms with E-state index in [-0.39, 0.29) is 5.91 Å². The van der Waals surface area contributed by atoms with Crippen LogP contribution >= 0.6 is 0 Å². The van der Waals surface area contributed by atoms with Crippen LogP contribution in [0, 0.1) is 0 Å². The van der Waals surface area contributed by atoms with E-state index in [0.29, 0.717) is 18.9 Å². The Kier molecular flexibility index (Phi) is 3.25. The summed E-state index contributed by atoms with van der Waals surface area (Å²) in [6, 6.07) is 8.10. The van der Waals surface area contributed by atoms with Crippen molar-refractivity contribution in [1.29, 1.82) is 0 Å². The number of nitrogens with zero attached hydrogens (tertiary/aromatic N) is 1. The van der Waals surface area contributed by atoms with Crippen molar-refractivity contribution in [3.63, 3.8) is 0 Å². The summed E-state index contributed by atoms with van der Waals surface area (Å²) in [5, 5.41) is 0. The van der Waals surface area contributed by atoms with Gasteiger partial charge in [0.25, 0.3) is 0 Å². The van der Waals surface area contributed by atoms with Crippen molar-refractivity contribution in [1.82, 2.24) is 0 Å². The summed E-state index contributed by atoms with van der Waals surface area (Å²) >= 11 is 0. The van der Waals surface area contributed by atoms with E-state index in [2.05, 4.69) is 6.07 Å². The Balaban J connectivity index is 2.38. The first-order chi connectivity index (χ1) is 7.77. The van der Waals surface area contributed by atoms with Gasteiger partial charge in [0, 0.05) is 18.7 Å². The SMILES string of the molecule is CCC(=O)N1CCC(CN)c2ccccc21. The van der Waals surface area contributed by atoms with E-state index >= 15 is 0 Å². The lowest BCUT2D eigenvalue weighted by Gasteiger charge is -2.33. The summed E-state index contributed by atoms with van der Waals surface area (Å²) in [6.07, 6.45) is 1.53. The van der Waals surface area contributed by atoms with Gasteiger partial charge in [0.2, 0.25) is 5.91 Å².